The predicted octanol–water partition coefficient (Wildman–Crippen LogP) is -4.56. The Morgan fingerprint density at radius 2 is 1.80 bits per heavy atom. The minimum Gasteiger partial charge on any atom is -0.467 e. The lowest BCUT2D eigenvalue weighted by Gasteiger charge is -2.59. The standard InChI is InChI=1S/C28H53N7O9/c1-25(39)13-41-24(19(37)21(25)35-2)44-28(6-3-7-29)22(38)20(43-23-16(32)5-4-15(12-30)42-23)17(33)10-27(28,34)18(36)11-26(40)8-14(31)9-26/h4,14,16-17,19-24,35,37-40H,3,5-13,29-34H2,1-2H3/t14?,16-,17+,19-,20-,21-,22+,23-,24-,25+,26?,27+,28-/m1/s1. The van der Waals surface area contributed by atoms with Crippen molar-refractivity contribution < 1.29 is 44.2 Å². The summed E-state index contributed by atoms with van der Waals surface area (Å²) in [6.45, 7) is 1.50. The SMILES string of the molecule is CN[C@@H]1[C@@H](O)[C@@H](O[C@]2(CCCN)[C@@H](O)[C@H](O[C@H]3OC(CN)=CC[C@H]3N)[C@@H](N)C[C@]2(N)C(=O)CC2(O)CC(N)C2)OC[C@]1(C)O. The summed E-state index contributed by atoms with van der Waals surface area (Å²) in [6, 6.07) is -2.80. The molecule has 0 bridgehead atoms. The molecule has 0 amide bonds. The maximum atomic E-state index is 14.2. The molecule has 4 aliphatic rings. The zero-order valence-electron chi connectivity index (χ0n) is 25.6. The van der Waals surface area contributed by atoms with E-state index < -0.39 is 77.1 Å². The van der Waals surface area contributed by atoms with E-state index in [1.54, 1.807) is 13.1 Å². The molecule has 16 heteroatoms. The van der Waals surface area contributed by atoms with Crippen LogP contribution in [0.2, 0.25) is 0 Å². The summed E-state index contributed by atoms with van der Waals surface area (Å²) in [5.74, 6) is -0.154. The van der Waals surface area contributed by atoms with Crippen molar-refractivity contribution in [2.24, 2.45) is 34.4 Å². The Labute approximate surface area is 257 Å². The fraction of sp³-hybridized carbons (Fsp3) is 0.893. The van der Waals surface area contributed by atoms with Gasteiger partial charge in [-0.25, -0.2) is 0 Å². The monoisotopic (exact) mass is 631 g/mol. The Balaban J connectivity index is 1.75. The lowest BCUT2D eigenvalue weighted by atomic mass is 9.59. The number of carbonyl (C=O) groups is 1. The third kappa shape index (κ3) is 6.57. The smallest absolute Gasteiger partial charge is 0.215 e. The molecule has 0 unspecified atom stereocenters. The van der Waals surface area contributed by atoms with E-state index in [9.17, 15) is 25.2 Å². The predicted molar refractivity (Wildman–Crippen MR) is 158 cm³/mol. The molecular weight excluding hydrogens is 578 g/mol. The van der Waals surface area contributed by atoms with E-state index >= 15 is 0 Å². The maximum absolute atomic E-state index is 14.2. The number of aliphatic hydroxyl groups excluding tert-OH is 2. The number of aliphatic hydroxyl groups is 4. The van der Waals surface area contributed by atoms with Crippen LogP contribution >= 0.6 is 0 Å². The molecule has 1 saturated heterocycles. The van der Waals surface area contributed by atoms with E-state index in [4.69, 9.17) is 53.3 Å². The highest BCUT2D eigenvalue weighted by atomic mass is 16.7. The van der Waals surface area contributed by atoms with Crippen LogP contribution in [0, 0.1) is 0 Å². The van der Waals surface area contributed by atoms with Crippen molar-refractivity contribution in [3.05, 3.63) is 11.8 Å². The van der Waals surface area contributed by atoms with Crippen LogP contribution in [0.15, 0.2) is 11.8 Å². The number of nitrogens with two attached hydrogens (primary N) is 6. The van der Waals surface area contributed by atoms with Crippen LogP contribution in [0.3, 0.4) is 0 Å². The number of nitrogens with one attached hydrogen (secondary N) is 1. The average Bonchev–Trinajstić information content (AvgIpc) is 2.94. The molecule has 0 aromatic carbocycles. The van der Waals surface area contributed by atoms with Gasteiger partial charge in [0.25, 0.3) is 0 Å². The molecule has 11 atom stereocenters. The van der Waals surface area contributed by atoms with Crippen molar-refractivity contribution in [3.63, 3.8) is 0 Å². The van der Waals surface area contributed by atoms with Crippen molar-refractivity contribution in [3.8, 4) is 0 Å². The van der Waals surface area contributed by atoms with Crippen LogP contribution in [0.4, 0.5) is 0 Å². The van der Waals surface area contributed by atoms with Gasteiger partial charge in [-0.3, -0.25) is 4.79 Å². The molecule has 0 aromatic rings. The van der Waals surface area contributed by atoms with E-state index in [0.29, 0.717) is 12.2 Å². The third-order valence-electron chi connectivity index (χ3n) is 9.74. The van der Waals surface area contributed by atoms with Crippen LogP contribution in [0.25, 0.3) is 0 Å². The van der Waals surface area contributed by atoms with Crippen LogP contribution < -0.4 is 39.7 Å². The molecule has 3 fully saturated rings. The van der Waals surface area contributed by atoms with E-state index in [1.807, 2.05) is 0 Å². The van der Waals surface area contributed by atoms with Gasteiger partial charge < -0.3 is 79.1 Å². The summed E-state index contributed by atoms with van der Waals surface area (Å²) in [7, 11) is 1.56. The Morgan fingerprint density at radius 1 is 1.11 bits per heavy atom. The van der Waals surface area contributed by atoms with Gasteiger partial charge in [0, 0.05) is 18.5 Å². The van der Waals surface area contributed by atoms with Gasteiger partial charge in [-0.1, -0.05) is 0 Å². The highest BCUT2D eigenvalue weighted by molar-refractivity contribution is 5.91. The normalized spacial score (nSPS) is 47.8. The summed E-state index contributed by atoms with van der Waals surface area (Å²) in [4.78, 5) is 14.2. The Morgan fingerprint density at radius 3 is 2.39 bits per heavy atom. The zero-order valence-corrected chi connectivity index (χ0v) is 25.6. The topological polar surface area (TPSA) is 303 Å². The van der Waals surface area contributed by atoms with Gasteiger partial charge in [-0.05, 0) is 65.1 Å². The number of hydrogen-bond acceptors (Lipinski definition) is 16. The van der Waals surface area contributed by atoms with Gasteiger partial charge in [0.1, 0.15) is 40.8 Å². The molecule has 2 heterocycles. The Hall–Kier alpha value is -1.35. The van der Waals surface area contributed by atoms with E-state index in [1.165, 1.54) is 6.92 Å². The fourth-order valence-electron chi connectivity index (χ4n) is 7.27. The van der Waals surface area contributed by atoms with Crippen LogP contribution in [0.1, 0.15) is 51.9 Å². The highest BCUT2D eigenvalue weighted by Crippen LogP contribution is 2.48. The molecule has 4 rings (SSSR count). The molecule has 0 spiro atoms. The first-order chi connectivity index (χ1) is 20.6. The number of ketones is 1. The second-order valence-electron chi connectivity index (χ2n) is 13.3. The molecule has 2 aliphatic heterocycles. The summed E-state index contributed by atoms with van der Waals surface area (Å²) in [5, 5.41) is 48.3. The molecule has 0 radical (unpaired) electrons. The van der Waals surface area contributed by atoms with Crippen LogP contribution in [-0.4, -0.2) is 130 Å². The number of likely N-dealkylation sites (N-methyl/N-ethyl adjacent to an activating group) is 1. The average molecular weight is 632 g/mol. The molecule has 44 heavy (non-hydrogen) atoms. The van der Waals surface area contributed by atoms with Gasteiger partial charge in [0.15, 0.2) is 12.1 Å². The van der Waals surface area contributed by atoms with Gasteiger partial charge >= 0.3 is 0 Å². The number of rotatable bonds is 12. The van der Waals surface area contributed by atoms with Crippen molar-refractivity contribution in [2.75, 3.05) is 26.7 Å². The molecule has 254 valence electrons. The highest BCUT2D eigenvalue weighted by Gasteiger charge is 2.67. The van der Waals surface area contributed by atoms with Crippen molar-refractivity contribution >= 4 is 5.78 Å². The van der Waals surface area contributed by atoms with Crippen LogP contribution in [0.5, 0.6) is 0 Å². The van der Waals surface area contributed by atoms with Crippen molar-refractivity contribution in [1.82, 2.24) is 5.32 Å². The van der Waals surface area contributed by atoms with Gasteiger partial charge in [0.05, 0.1) is 30.8 Å². The van der Waals surface area contributed by atoms with Crippen molar-refractivity contribution in [2.45, 2.75) is 129 Å². The van der Waals surface area contributed by atoms with Crippen molar-refractivity contribution in [1.29, 1.82) is 0 Å². The van der Waals surface area contributed by atoms with Gasteiger partial charge in [0.2, 0.25) is 6.29 Å². The van der Waals surface area contributed by atoms with Gasteiger partial charge in [-0.2, -0.15) is 0 Å². The number of Topliss-reactive ketones (excluding diaryl/α,β-unsaturated/α-hetero) is 1. The van der Waals surface area contributed by atoms with E-state index in [2.05, 4.69) is 5.32 Å². The summed E-state index contributed by atoms with van der Waals surface area (Å²) < 4.78 is 24.4. The summed E-state index contributed by atoms with van der Waals surface area (Å²) in [6.07, 6.45) is -4.74. The first-order valence-electron chi connectivity index (χ1n) is 15.3. The largest absolute Gasteiger partial charge is 0.467 e. The Kier molecular flexibility index (Phi) is 10.8. The first-order valence-corrected chi connectivity index (χ1v) is 15.3. The zero-order chi connectivity index (χ0) is 32.7. The summed E-state index contributed by atoms with van der Waals surface area (Å²) >= 11 is 0. The second-order valence-corrected chi connectivity index (χ2v) is 13.3. The molecule has 17 N–H and O–H groups in total. The lowest BCUT2D eigenvalue weighted by molar-refractivity contribution is -0.341. The second kappa shape index (κ2) is 13.4. The molecule has 0 aromatic heterocycles. The maximum Gasteiger partial charge on any atom is 0.215 e. The summed E-state index contributed by atoms with van der Waals surface area (Å²) in [5.41, 5.74) is 30.6. The Bertz CT molecular complexity index is 1050. The molecule has 2 aliphatic carbocycles. The minimum atomic E-state index is -2.01. The molecular formula is C28H53N7O9. The van der Waals surface area contributed by atoms with E-state index in [0.717, 1.165) is 0 Å². The van der Waals surface area contributed by atoms with Crippen LogP contribution in [-0.2, 0) is 23.7 Å². The number of carbonyl (C=O) groups excluding carboxylic acids is 1. The fourth-order valence-corrected chi connectivity index (χ4v) is 7.27. The minimum absolute atomic E-state index is 0.0733. The third-order valence-corrected chi connectivity index (χ3v) is 9.74. The van der Waals surface area contributed by atoms with Gasteiger partial charge in [-0.15, -0.1) is 0 Å². The quantitative estimate of drug-likeness (QED) is 0.0966. The number of ether oxygens (including phenoxy) is 4. The first kappa shape index (κ1) is 35.5. The number of hydrogen-bond donors (Lipinski definition) is 11. The lowest BCUT2D eigenvalue weighted by Crippen LogP contribution is -2.81. The van der Waals surface area contributed by atoms with E-state index in [-0.39, 0.29) is 64.3 Å². The molecule has 16 nitrogen and oxygen atoms in total. The molecule has 2 saturated carbocycles.